The summed E-state index contributed by atoms with van der Waals surface area (Å²) in [5.74, 6) is -2.46. The zero-order chi connectivity index (χ0) is 17.7. The Morgan fingerprint density at radius 2 is 1.67 bits per heavy atom. The van der Waals surface area contributed by atoms with Gasteiger partial charge in [0, 0.05) is 25.6 Å². The number of carbonyl (C=O) groups excluding carboxylic acids is 2. The maximum Gasteiger partial charge on any atom is 0.251 e. The van der Waals surface area contributed by atoms with Crippen molar-refractivity contribution in [3.63, 3.8) is 0 Å². The quantitative estimate of drug-likeness (QED) is 0.915. The van der Waals surface area contributed by atoms with E-state index in [1.807, 2.05) is 19.1 Å². The molecule has 2 aromatic carbocycles. The molecule has 0 atom stereocenters. The van der Waals surface area contributed by atoms with Crippen molar-refractivity contribution in [2.24, 2.45) is 0 Å². The summed E-state index contributed by atoms with van der Waals surface area (Å²) >= 11 is 0. The van der Waals surface area contributed by atoms with Gasteiger partial charge in [0.15, 0.2) is 0 Å². The highest BCUT2D eigenvalue weighted by atomic mass is 19.1. The van der Waals surface area contributed by atoms with Crippen LogP contribution in [0.2, 0.25) is 0 Å². The van der Waals surface area contributed by atoms with Gasteiger partial charge in [0.2, 0.25) is 5.91 Å². The molecule has 4 nitrogen and oxygen atoms in total. The lowest BCUT2D eigenvalue weighted by Gasteiger charge is -2.22. The van der Waals surface area contributed by atoms with Crippen LogP contribution in [0.25, 0.3) is 0 Å². The van der Waals surface area contributed by atoms with Crippen molar-refractivity contribution in [2.45, 2.75) is 13.8 Å². The minimum atomic E-state index is -0.824. The maximum atomic E-state index is 13.8. The second kappa shape index (κ2) is 7.68. The van der Waals surface area contributed by atoms with Gasteiger partial charge in [-0.3, -0.25) is 9.59 Å². The number of amides is 2. The molecule has 0 unspecified atom stereocenters. The van der Waals surface area contributed by atoms with Crippen LogP contribution in [0.3, 0.4) is 0 Å². The third kappa shape index (κ3) is 3.95. The average molecular weight is 332 g/mol. The van der Waals surface area contributed by atoms with E-state index in [1.54, 1.807) is 12.1 Å². The Hall–Kier alpha value is -2.76. The van der Waals surface area contributed by atoms with Crippen LogP contribution in [-0.2, 0) is 4.79 Å². The maximum absolute atomic E-state index is 13.8. The van der Waals surface area contributed by atoms with Crippen molar-refractivity contribution in [2.75, 3.05) is 18.0 Å². The average Bonchev–Trinajstić information content (AvgIpc) is 2.53. The standard InChI is InChI=1S/C18H18F2N2O2/c1-12-6-3-4-7-14(12)18(24)21-10-11-22(13(2)23)17-15(19)8-5-9-16(17)20/h3-9H,10-11H2,1-2H3,(H,21,24). The molecule has 0 fully saturated rings. The largest absolute Gasteiger partial charge is 0.350 e. The van der Waals surface area contributed by atoms with Crippen molar-refractivity contribution in [1.29, 1.82) is 0 Å². The molecule has 0 heterocycles. The fraction of sp³-hybridized carbons (Fsp3) is 0.222. The third-order valence-electron chi connectivity index (χ3n) is 3.60. The van der Waals surface area contributed by atoms with Crippen LogP contribution in [0.5, 0.6) is 0 Å². The van der Waals surface area contributed by atoms with Crippen molar-refractivity contribution in [3.05, 3.63) is 65.2 Å². The van der Waals surface area contributed by atoms with Gasteiger partial charge in [-0.15, -0.1) is 0 Å². The molecular formula is C18H18F2N2O2. The predicted octanol–water partition coefficient (Wildman–Crippen LogP) is 3.06. The highest BCUT2D eigenvalue weighted by Gasteiger charge is 2.20. The lowest BCUT2D eigenvalue weighted by atomic mass is 10.1. The summed E-state index contributed by atoms with van der Waals surface area (Å²) in [5, 5.41) is 2.66. The van der Waals surface area contributed by atoms with Gasteiger partial charge in [0.1, 0.15) is 17.3 Å². The van der Waals surface area contributed by atoms with Crippen LogP contribution in [0.1, 0.15) is 22.8 Å². The first kappa shape index (κ1) is 17.6. The Balaban J connectivity index is 2.07. The van der Waals surface area contributed by atoms with E-state index in [0.29, 0.717) is 5.56 Å². The van der Waals surface area contributed by atoms with Crippen LogP contribution >= 0.6 is 0 Å². The summed E-state index contributed by atoms with van der Waals surface area (Å²) in [7, 11) is 0. The first-order valence-electron chi connectivity index (χ1n) is 7.47. The minimum Gasteiger partial charge on any atom is -0.350 e. The second-order valence-electron chi connectivity index (χ2n) is 5.31. The molecular weight excluding hydrogens is 314 g/mol. The second-order valence-corrected chi connectivity index (χ2v) is 5.31. The molecule has 0 aliphatic carbocycles. The van der Waals surface area contributed by atoms with E-state index in [4.69, 9.17) is 0 Å². The van der Waals surface area contributed by atoms with E-state index >= 15 is 0 Å². The molecule has 1 N–H and O–H groups in total. The molecule has 2 aromatic rings. The summed E-state index contributed by atoms with van der Waals surface area (Å²) < 4.78 is 27.7. The minimum absolute atomic E-state index is 0.0369. The highest BCUT2D eigenvalue weighted by Crippen LogP contribution is 2.23. The van der Waals surface area contributed by atoms with Crippen LogP contribution in [-0.4, -0.2) is 24.9 Å². The number of carbonyl (C=O) groups is 2. The highest BCUT2D eigenvalue weighted by molar-refractivity contribution is 5.96. The lowest BCUT2D eigenvalue weighted by Crippen LogP contribution is -2.38. The summed E-state index contributed by atoms with van der Waals surface area (Å²) in [4.78, 5) is 24.8. The lowest BCUT2D eigenvalue weighted by molar-refractivity contribution is -0.116. The molecule has 126 valence electrons. The molecule has 2 rings (SSSR count). The molecule has 6 heteroatoms. The predicted molar refractivity (Wildman–Crippen MR) is 87.9 cm³/mol. The first-order valence-corrected chi connectivity index (χ1v) is 7.47. The number of anilines is 1. The molecule has 0 radical (unpaired) electrons. The Morgan fingerprint density at radius 1 is 1.04 bits per heavy atom. The van der Waals surface area contributed by atoms with E-state index in [1.165, 1.54) is 13.0 Å². The third-order valence-corrected chi connectivity index (χ3v) is 3.60. The van der Waals surface area contributed by atoms with Gasteiger partial charge in [-0.05, 0) is 30.7 Å². The van der Waals surface area contributed by atoms with Crippen LogP contribution < -0.4 is 10.2 Å². The van der Waals surface area contributed by atoms with Crippen molar-refractivity contribution < 1.29 is 18.4 Å². The van der Waals surface area contributed by atoms with Gasteiger partial charge in [0.25, 0.3) is 5.91 Å². The van der Waals surface area contributed by atoms with Gasteiger partial charge >= 0.3 is 0 Å². The van der Waals surface area contributed by atoms with E-state index in [9.17, 15) is 18.4 Å². The molecule has 0 spiro atoms. The topological polar surface area (TPSA) is 49.4 Å². The Kier molecular flexibility index (Phi) is 5.63. The monoisotopic (exact) mass is 332 g/mol. The number of halogens is 2. The Morgan fingerprint density at radius 3 is 2.25 bits per heavy atom. The first-order chi connectivity index (χ1) is 11.4. The van der Waals surface area contributed by atoms with E-state index in [2.05, 4.69) is 5.32 Å². The number of rotatable bonds is 5. The van der Waals surface area contributed by atoms with E-state index in [0.717, 1.165) is 22.6 Å². The molecule has 0 aliphatic heterocycles. The molecule has 24 heavy (non-hydrogen) atoms. The van der Waals surface area contributed by atoms with Gasteiger partial charge in [-0.25, -0.2) is 8.78 Å². The summed E-state index contributed by atoms with van der Waals surface area (Å²) in [6, 6.07) is 10.5. The number of para-hydroxylation sites is 1. The van der Waals surface area contributed by atoms with Crippen molar-refractivity contribution >= 4 is 17.5 Å². The fourth-order valence-corrected chi connectivity index (χ4v) is 2.38. The van der Waals surface area contributed by atoms with E-state index < -0.39 is 23.2 Å². The smallest absolute Gasteiger partial charge is 0.251 e. The van der Waals surface area contributed by atoms with Crippen molar-refractivity contribution in [1.82, 2.24) is 5.32 Å². The van der Waals surface area contributed by atoms with Gasteiger partial charge < -0.3 is 10.2 Å². The fourth-order valence-electron chi connectivity index (χ4n) is 2.38. The number of hydrogen-bond acceptors (Lipinski definition) is 2. The van der Waals surface area contributed by atoms with Crippen LogP contribution in [0.15, 0.2) is 42.5 Å². The van der Waals surface area contributed by atoms with Gasteiger partial charge in [-0.1, -0.05) is 24.3 Å². The molecule has 0 saturated carbocycles. The van der Waals surface area contributed by atoms with Gasteiger partial charge in [-0.2, -0.15) is 0 Å². The number of aryl methyl sites for hydroxylation is 1. The van der Waals surface area contributed by atoms with Crippen molar-refractivity contribution in [3.8, 4) is 0 Å². The number of hydrogen-bond donors (Lipinski definition) is 1. The van der Waals surface area contributed by atoms with E-state index in [-0.39, 0.29) is 19.0 Å². The Labute approximate surface area is 139 Å². The molecule has 0 aromatic heterocycles. The normalized spacial score (nSPS) is 10.3. The zero-order valence-corrected chi connectivity index (χ0v) is 13.5. The SMILES string of the molecule is CC(=O)N(CCNC(=O)c1ccccc1C)c1c(F)cccc1F. The summed E-state index contributed by atoms with van der Waals surface area (Å²) in [6.07, 6.45) is 0. The number of nitrogens with zero attached hydrogens (tertiary/aromatic N) is 1. The summed E-state index contributed by atoms with van der Waals surface area (Å²) in [5.41, 5.74) is 0.928. The summed E-state index contributed by atoms with van der Waals surface area (Å²) in [6.45, 7) is 3.06. The zero-order valence-electron chi connectivity index (χ0n) is 13.5. The number of benzene rings is 2. The number of nitrogens with one attached hydrogen (secondary N) is 1. The van der Waals surface area contributed by atoms with Crippen LogP contribution in [0, 0.1) is 18.6 Å². The molecule has 0 bridgehead atoms. The molecule has 0 aliphatic rings. The molecule has 0 saturated heterocycles. The van der Waals surface area contributed by atoms with Gasteiger partial charge in [0.05, 0.1) is 0 Å². The van der Waals surface area contributed by atoms with Crippen LogP contribution in [0.4, 0.5) is 14.5 Å². The Bertz CT molecular complexity index is 742. The molecule has 2 amide bonds.